The summed E-state index contributed by atoms with van der Waals surface area (Å²) in [5, 5.41) is 8.98. The molecule has 0 bridgehead atoms. The molecule has 0 unspecified atom stereocenters. The number of benzene rings is 1. The van der Waals surface area contributed by atoms with E-state index in [-0.39, 0.29) is 0 Å². The van der Waals surface area contributed by atoms with Gasteiger partial charge < -0.3 is 4.90 Å². The molecule has 1 fully saturated rings. The minimum Gasteiger partial charge on any atom is -0.356 e. The first-order chi connectivity index (χ1) is 12.9. The molecule has 0 radical (unpaired) electrons. The van der Waals surface area contributed by atoms with E-state index >= 15 is 0 Å². The first kappa shape index (κ1) is 19.2. The summed E-state index contributed by atoms with van der Waals surface area (Å²) in [5.41, 5.74) is 0.459. The molecule has 4 nitrogen and oxygen atoms in total. The maximum Gasteiger partial charge on any atom is 0.416 e. The second-order valence-electron chi connectivity index (χ2n) is 6.82. The molecule has 1 aliphatic rings. The van der Waals surface area contributed by atoms with Crippen molar-refractivity contribution >= 4 is 5.82 Å². The first-order valence-corrected chi connectivity index (χ1v) is 8.85. The fraction of sp³-hybridized carbons (Fsp3) is 0.400. The predicted octanol–water partition coefficient (Wildman–Crippen LogP) is 4.07. The Labute approximate surface area is 156 Å². The standard InChI is InChI=1S/C20H21F3N4/c1-26(14-15-4-2-5-16(12-15)20(21,22)23)18-8-10-27(11-9-18)19-7-3-6-17(13-24)25-19/h2-7,12,18H,8-11,14H2,1H3. The number of nitrogens with zero attached hydrogens (tertiary/aromatic N) is 4. The van der Waals surface area contributed by atoms with Gasteiger partial charge in [0.25, 0.3) is 0 Å². The van der Waals surface area contributed by atoms with Gasteiger partial charge in [0.15, 0.2) is 0 Å². The summed E-state index contributed by atoms with van der Waals surface area (Å²) in [5.74, 6) is 0.799. The van der Waals surface area contributed by atoms with Crippen molar-refractivity contribution in [3.05, 3.63) is 59.3 Å². The second kappa shape index (κ2) is 7.97. The molecule has 0 atom stereocenters. The van der Waals surface area contributed by atoms with Gasteiger partial charge in [0, 0.05) is 25.7 Å². The van der Waals surface area contributed by atoms with E-state index in [1.807, 2.05) is 25.2 Å². The summed E-state index contributed by atoms with van der Waals surface area (Å²) in [4.78, 5) is 8.60. The summed E-state index contributed by atoms with van der Waals surface area (Å²) in [7, 11) is 1.95. The second-order valence-corrected chi connectivity index (χ2v) is 6.82. The quantitative estimate of drug-likeness (QED) is 0.809. The van der Waals surface area contributed by atoms with Gasteiger partial charge in [-0.1, -0.05) is 24.3 Å². The van der Waals surface area contributed by atoms with Crippen molar-refractivity contribution in [1.82, 2.24) is 9.88 Å². The zero-order valence-corrected chi connectivity index (χ0v) is 15.1. The van der Waals surface area contributed by atoms with Gasteiger partial charge in [0.2, 0.25) is 0 Å². The van der Waals surface area contributed by atoms with Crippen LogP contribution in [0.1, 0.15) is 29.7 Å². The Bertz CT molecular complexity index is 820. The van der Waals surface area contributed by atoms with Crippen molar-refractivity contribution in [2.75, 3.05) is 25.0 Å². The van der Waals surface area contributed by atoms with Crippen molar-refractivity contribution in [2.45, 2.75) is 31.6 Å². The van der Waals surface area contributed by atoms with Crippen LogP contribution >= 0.6 is 0 Å². The molecule has 2 heterocycles. The van der Waals surface area contributed by atoms with Gasteiger partial charge in [-0.2, -0.15) is 18.4 Å². The van der Waals surface area contributed by atoms with Crippen LogP contribution in [0, 0.1) is 11.3 Å². The van der Waals surface area contributed by atoms with Gasteiger partial charge in [0.05, 0.1) is 5.56 Å². The summed E-state index contributed by atoms with van der Waals surface area (Å²) in [6.45, 7) is 2.09. The Morgan fingerprint density at radius 1 is 1.19 bits per heavy atom. The highest BCUT2D eigenvalue weighted by Gasteiger charge is 2.30. The van der Waals surface area contributed by atoms with E-state index in [4.69, 9.17) is 5.26 Å². The molecule has 142 valence electrons. The Morgan fingerprint density at radius 2 is 1.89 bits per heavy atom. The topological polar surface area (TPSA) is 43.2 Å². The molecule has 2 aromatic rings. The molecule has 0 amide bonds. The van der Waals surface area contributed by atoms with E-state index in [1.165, 1.54) is 12.1 Å². The van der Waals surface area contributed by atoms with Gasteiger partial charge in [-0.25, -0.2) is 4.98 Å². The molecule has 0 saturated carbocycles. The Hall–Kier alpha value is -2.59. The third-order valence-electron chi connectivity index (χ3n) is 4.95. The van der Waals surface area contributed by atoms with Crippen molar-refractivity contribution in [3.63, 3.8) is 0 Å². The number of halogens is 3. The van der Waals surface area contributed by atoms with Crippen LogP contribution in [-0.4, -0.2) is 36.1 Å². The van der Waals surface area contributed by atoms with E-state index in [0.29, 0.717) is 23.8 Å². The average molecular weight is 374 g/mol. The normalized spacial score (nSPS) is 15.8. The monoisotopic (exact) mass is 374 g/mol. The molecule has 1 aromatic carbocycles. The number of hydrogen-bond donors (Lipinski definition) is 0. The maximum atomic E-state index is 12.9. The molecule has 1 aliphatic heterocycles. The van der Waals surface area contributed by atoms with E-state index in [2.05, 4.69) is 14.8 Å². The average Bonchev–Trinajstić information content (AvgIpc) is 2.67. The largest absolute Gasteiger partial charge is 0.416 e. The number of aromatic nitrogens is 1. The van der Waals surface area contributed by atoms with E-state index < -0.39 is 11.7 Å². The summed E-state index contributed by atoms with van der Waals surface area (Å²) < 4.78 is 38.6. The predicted molar refractivity (Wildman–Crippen MR) is 97.1 cm³/mol. The molecule has 0 aliphatic carbocycles. The number of piperidine rings is 1. The lowest BCUT2D eigenvalue weighted by molar-refractivity contribution is -0.137. The van der Waals surface area contributed by atoms with Crippen LogP contribution in [0.3, 0.4) is 0 Å². The molecule has 7 heteroatoms. The molecular weight excluding hydrogens is 353 g/mol. The smallest absolute Gasteiger partial charge is 0.356 e. The van der Waals surface area contributed by atoms with Gasteiger partial charge >= 0.3 is 6.18 Å². The van der Waals surface area contributed by atoms with Crippen LogP contribution in [0.2, 0.25) is 0 Å². The Balaban J connectivity index is 1.59. The van der Waals surface area contributed by atoms with E-state index in [9.17, 15) is 13.2 Å². The van der Waals surface area contributed by atoms with Gasteiger partial charge in [-0.3, -0.25) is 4.90 Å². The van der Waals surface area contributed by atoms with Crippen LogP contribution in [0.15, 0.2) is 42.5 Å². The zero-order chi connectivity index (χ0) is 19.4. The van der Waals surface area contributed by atoms with Crippen molar-refractivity contribution < 1.29 is 13.2 Å². The third kappa shape index (κ3) is 4.77. The van der Waals surface area contributed by atoms with Crippen molar-refractivity contribution in [3.8, 4) is 6.07 Å². The fourth-order valence-corrected chi connectivity index (χ4v) is 3.46. The lowest BCUT2D eigenvalue weighted by Gasteiger charge is -2.37. The summed E-state index contributed by atoms with van der Waals surface area (Å²) in [6.07, 6.45) is -2.52. The molecule has 1 aromatic heterocycles. The minimum absolute atomic E-state index is 0.301. The van der Waals surface area contributed by atoms with Crippen molar-refractivity contribution in [2.24, 2.45) is 0 Å². The lowest BCUT2D eigenvalue weighted by atomic mass is 10.0. The van der Waals surface area contributed by atoms with Crippen LogP contribution in [0.5, 0.6) is 0 Å². The van der Waals surface area contributed by atoms with Crippen molar-refractivity contribution in [1.29, 1.82) is 5.26 Å². The first-order valence-electron chi connectivity index (χ1n) is 8.85. The number of rotatable bonds is 4. The van der Waals surface area contributed by atoms with Gasteiger partial charge in [-0.15, -0.1) is 0 Å². The lowest BCUT2D eigenvalue weighted by Crippen LogP contribution is -2.43. The highest BCUT2D eigenvalue weighted by Crippen LogP contribution is 2.30. The van der Waals surface area contributed by atoms with Crippen LogP contribution in [0.25, 0.3) is 0 Å². The fourth-order valence-electron chi connectivity index (χ4n) is 3.46. The number of alkyl halides is 3. The summed E-state index contributed by atoms with van der Waals surface area (Å²) >= 11 is 0. The molecular formula is C20H21F3N4. The third-order valence-corrected chi connectivity index (χ3v) is 4.95. The number of nitriles is 1. The Morgan fingerprint density at radius 3 is 2.56 bits per heavy atom. The maximum absolute atomic E-state index is 12.9. The van der Waals surface area contributed by atoms with E-state index in [0.717, 1.165) is 37.8 Å². The Kier molecular flexibility index (Phi) is 5.66. The van der Waals surface area contributed by atoms with Gasteiger partial charge in [0.1, 0.15) is 17.6 Å². The van der Waals surface area contributed by atoms with E-state index in [1.54, 1.807) is 12.1 Å². The van der Waals surface area contributed by atoms with Crippen LogP contribution in [0.4, 0.5) is 19.0 Å². The summed E-state index contributed by atoms with van der Waals surface area (Å²) in [6, 6.07) is 13.3. The highest BCUT2D eigenvalue weighted by molar-refractivity contribution is 5.42. The zero-order valence-electron chi connectivity index (χ0n) is 15.1. The molecule has 3 rings (SSSR count). The molecule has 0 spiro atoms. The SMILES string of the molecule is CN(Cc1cccc(C(F)(F)F)c1)C1CCN(c2cccc(C#N)n2)CC1. The number of pyridine rings is 1. The van der Waals surface area contributed by atoms with Crippen LogP contribution in [-0.2, 0) is 12.7 Å². The molecule has 0 N–H and O–H groups in total. The number of anilines is 1. The number of hydrogen-bond acceptors (Lipinski definition) is 4. The highest BCUT2D eigenvalue weighted by atomic mass is 19.4. The van der Waals surface area contributed by atoms with Crippen LogP contribution < -0.4 is 4.90 Å². The van der Waals surface area contributed by atoms with Gasteiger partial charge in [-0.05, 0) is 43.7 Å². The molecule has 27 heavy (non-hydrogen) atoms. The minimum atomic E-state index is -4.31. The molecule has 1 saturated heterocycles.